The summed E-state index contributed by atoms with van der Waals surface area (Å²) >= 11 is 6.12. The molecule has 3 N–H and O–H groups in total. The third-order valence-electron chi connectivity index (χ3n) is 3.50. The molecule has 25 heavy (non-hydrogen) atoms. The van der Waals surface area contributed by atoms with Gasteiger partial charge in [0.25, 0.3) is 0 Å². The van der Waals surface area contributed by atoms with Gasteiger partial charge in [-0.25, -0.2) is 9.78 Å². The second kappa shape index (κ2) is 7.68. The summed E-state index contributed by atoms with van der Waals surface area (Å²) in [5.41, 5.74) is 3.41. The highest BCUT2D eigenvalue weighted by atomic mass is 35.5. The molecule has 0 saturated heterocycles. The van der Waals surface area contributed by atoms with Crippen LogP contribution >= 0.6 is 11.6 Å². The van der Waals surface area contributed by atoms with E-state index in [4.69, 9.17) is 11.6 Å². The van der Waals surface area contributed by atoms with Crippen molar-refractivity contribution in [2.24, 2.45) is 0 Å². The number of carbonyl (C=O) groups excluding carboxylic acids is 1. The largest absolute Gasteiger partial charge is 0.354 e. The number of benzene rings is 2. The lowest BCUT2D eigenvalue weighted by Crippen LogP contribution is -2.19. The normalized spacial score (nSPS) is 10.2. The molecule has 3 rings (SSSR count). The van der Waals surface area contributed by atoms with Gasteiger partial charge in [0.15, 0.2) is 0 Å². The third kappa shape index (κ3) is 4.71. The van der Waals surface area contributed by atoms with E-state index in [2.05, 4.69) is 20.9 Å². The monoisotopic (exact) mass is 352 g/mol. The van der Waals surface area contributed by atoms with Gasteiger partial charge in [-0.05, 0) is 48.9 Å². The van der Waals surface area contributed by atoms with Crippen LogP contribution in [0, 0.1) is 6.92 Å². The second-order valence-electron chi connectivity index (χ2n) is 5.47. The first-order valence-electron chi connectivity index (χ1n) is 7.72. The van der Waals surface area contributed by atoms with Gasteiger partial charge in [0, 0.05) is 16.4 Å². The first kappa shape index (κ1) is 16.8. The van der Waals surface area contributed by atoms with Crippen molar-refractivity contribution in [3.63, 3.8) is 0 Å². The smallest absolute Gasteiger partial charge is 0.324 e. The van der Waals surface area contributed by atoms with E-state index in [-0.39, 0.29) is 6.03 Å². The number of pyridine rings is 1. The van der Waals surface area contributed by atoms with Crippen LogP contribution in [0.25, 0.3) is 0 Å². The van der Waals surface area contributed by atoms with Crippen LogP contribution < -0.4 is 16.0 Å². The molecule has 5 nitrogen and oxygen atoms in total. The van der Waals surface area contributed by atoms with Crippen LogP contribution in [0.15, 0.2) is 66.9 Å². The molecule has 1 aromatic heterocycles. The number of carbonyl (C=O) groups is 1. The average Bonchev–Trinajstić information content (AvgIpc) is 2.61. The van der Waals surface area contributed by atoms with Crippen LogP contribution in [0.2, 0.25) is 5.02 Å². The molecule has 0 radical (unpaired) electrons. The topological polar surface area (TPSA) is 66.0 Å². The van der Waals surface area contributed by atoms with Gasteiger partial charge in [0.1, 0.15) is 5.82 Å². The Balaban J connectivity index is 1.60. The Bertz CT molecular complexity index is 866. The van der Waals surface area contributed by atoms with E-state index >= 15 is 0 Å². The minimum absolute atomic E-state index is 0.343. The summed E-state index contributed by atoms with van der Waals surface area (Å²) in [7, 11) is 0. The predicted molar refractivity (Wildman–Crippen MR) is 103 cm³/mol. The number of aromatic nitrogens is 1. The highest BCUT2D eigenvalue weighted by Gasteiger charge is 2.04. The summed E-state index contributed by atoms with van der Waals surface area (Å²) in [4.78, 5) is 16.2. The van der Waals surface area contributed by atoms with E-state index in [9.17, 15) is 4.79 Å². The fourth-order valence-electron chi connectivity index (χ4n) is 2.18. The number of rotatable bonds is 4. The van der Waals surface area contributed by atoms with Crippen LogP contribution in [0.1, 0.15) is 5.56 Å². The van der Waals surface area contributed by atoms with Crippen LogP contribution in [0.5, 0.6) is 0 Å². The molecule has 126 valence electrons. The fourth-order valence-corrected chi connectivity index (χ4v) is 2.36. The molecular weight excluding hydrogens is 336 g/mol. The molecule has 6 heteroatoms. The number of hydrogen-bond acceptors (Lipinski definition) is 3. The third-order valence-corrected chi connectivity index (χ3v) is 3.90. The Morgan fingerprint density at radius 1 is 0.920 bits per heavy atom. The minimum atomic E-state index is -0.343. The summed E-state index contributed by atoms with van der Waals surface area (Å²) in [5, 5.41) is 9.34. The Labute approximate surface area is 151 Å². The molecule has 0 aliphatic heterocycles. The fraction of sp³-hybridized carbons (Fsp3) is 0.0526. The lowest BCUT2D eigenvalue weighted by atomic mass is 10.2. The van der Waals surface area contributed by atoms with E-state index in [0.717, 1.165) is 22.6 Å². The van der Waals surface area contributed by atoms with Crippen LogP contribution in [-0.2, 0) is 0 Å². The Kier molecular flexibility index (Phi) is 5.16. The Morgan fingerprint density at radius 3 is 2.36 bits per heavy atom. The van der Waals surface area contributed by atoms with Crippen LogP contribution in [0.4, 0.5) is 27.7 Å². The lowest BCUT2D eigenvalue weighted by molar-refractivity contribution is 0.262. The van der Waals surface area contributed by atoms with Gasteiger partial charge in [-0.1, -0.05) is 35.9 Å². The van der Waals surface area contributed by atoms with Crippen molar-refractivity contribution in [1.29, 1.82) is 0 Å². The van der Waals surface area contributed by atoms with E-state index in [1.165, 1.54) is 0 Å². The van der Waals surface area contributed by atoms with Crippen molar-refractivity contribution in [3.8, 4) is 0 Å². The maximum Gasteiger partial charge on any atom is 0.324 e. The number of para-hydroxylation sites is 1. The van der Waals surface area contributed by atoms with Gasteiger partial charge in [-0.3, -0.25) is 5.32 Å². The first-order valence-corrected chi connectivity index (χ1v) is 8.10. The van der Waals surface area contributed by atoms with Crippen molar-refractivity contribution < 1.29 is 4.79 Å². The van der Waals surface area contributed by atoms with Gasteiger partial charge >= 0.3 is 6.03 Å². The molecule has 1 heterocycles. The van der Waals surface area contributed by atoms with Crippen molar-refractivity contribution in [3.05, 3.63) is 77.4 Å². The lowest BCUT2D eigenvalue weighted by Gasteiger charge is -2.09. The number of hydrogen-bond donors (Lipinski definition) is 3. The van der Waals surface area contributed by atoms with Crippen molar-refractivity contribution in [2.75, 3.05) is 16.0 Å². The molecule has 0 saturated carbocycles. The summed E-state index contributed by atoms with van der Waals surface area (Å²) < 4.78 is 0. The quantitative estimate of drug-likeness (QED) is 0.586. The van der Waals surface area contributed by atoms with Gasteiger partial charge in [0.2, 0.25) is 0 Å². The Morgan fingerprint density at radius 2 is 1.68 bits per heavy atom. The van der Waals surface area contributed by atoms with E-state index in [1.807, 2.05) is 61.5 Å². The molecule has 0 unspecified atom stereocenters. The number of urea groups is 1. The molecule has 0 bridgehead atoms. The van der Waals surface area contributed by atoms with Gasteiger partial charge in [-0.15, -0.1) is 0 Å². The SMILES string of the molecule is Cc1ccc(Nc2ccc(NC(=O)Nc3ccccc3)nc2)cc1Cl. The highest BCUT2D eigenvalue weighted by Crippen LogP contribution is 2.23. The number of aryl methyl sites for hydroxylation is 1. The van der Waals surface area contributed by atoms with E-state index in [1.54, 1.807) is 12.3 Å². The molecule has 2 amide bonds. The summed E-state index contributed by atoms with van der Waals surface area (Å²) in [6.07, 6.45) is 1.64. The summed E-state index contributed by atoms with van der Waals surface area (Å²) in [5.74, 6) is 0.459. The maximum absolute atomic E-state index is 11.9. The number of nitrogens with one attached hydrogen (secondary N) is 3. The average molecular weight is 353 g/mol. The molecule has 0 spiro atoms. The predicted octanol–water partition coefficient (Wildman–Crippen LogP) is 5.43. The number of nitrogens with zero attached hydrogens (tertiary/aromatic N) is 1. The van der Waals surface area contributed by atoms with Crippen molar-refractivity contribution in [1.82, 2.24) is 4.98 Å². The molecule has 0 aliphatic rings. The second-order valence-corrected chi connectivity index (χ2v) is 5.87. The zero-order valence-corrected chi connectivity index (χ0v) is 14.3. The first-order chi connectivity index (χ1) is 12.1. The van der Waals surface area contributed by atoms with Gasteiger partial charge < -0.3 is 10.6 Å². The molecule has 0 aliphatic carbocycles. The number of amides is 2. The minimum Gasteiger partial charge on any atom is -0.354 e. The zero-order valence-electron chi connectivity index (χ0n) is 13.6. The molecule has 3 aromatic rings. The van der Waals surface area contributed by atoms with E-state index < -0.39 is 0 Å². The maximum atomic E-state index is 11.9. The van der Waals surface area contributed by atoms with Crippen molar-refractivity contribution >= 4 is 40.5 Å². The molecular formula is C19H17ClN4O. The van der Waals surface area contributed by atoms with Gasteiger partial charge in [-0.2, -0.15) is 0 Å². The van der Waals surface area contributed by atoms with Gasteiger partial charge in [0.05, 0.1) is 11.9 Å². The molecule has 0 fully saturated rings. The molecule has 0 atom stereocenters. The summed E-state index contributed by atoms with van der Waals surface area (Å²) in [6, 6.07) is 18.2. The van der Waals surface area contributed by atoms with E-state index in [0.29, 0.717) is 10.8 Å². The zero-order chi connectivity index (χ0) is 17.6. The standard InChI is InChI=1S/C19H17ClN4O/c1-13-7-8-15(11-17(13)20)22-16-9-10-18(21-12-16)24-19(25)23-14-5-3-2-4-6-14/h2-12,22H,1H3,(H2,21,23,24,25). The highest BCUT2D eigenvalue weighted by molar-refractivity contribution is 6.31. The van der Waals surface area contributed by atoms with Crippen molar-refractivity contribution in [2.45, 2.75) is 6.92 Å². The molecule has 2 aromatic carbocycles. The van der Waals surface area contributed by atoms with Crippen LogP contribution in [0.3, 0.4) is 0 Å². The number of halogens is 1. The number of anilines is 4. The summed E-state index contributed by atoms with van der Waals surface area (Å²) in [6.45, 7) is 1.95. The Hall–Kier alpha value is -3.05. The van der Waals surface area contributed by atoms with Crippen LogP contribution in [-0.4, -0.2) is 11.0 Å².